The first-order valence-corrected chi connectivity index (χ1v) is 9.45. The maximum absolute atomic E-state index is 12.9. The van der Waals surface area contributed by atoms with E-state index in [1.165, 1.54) is 0 Å². The van der Waals surface area contributed by atoms with E-state index < -0.39 is 5.54 Å². The molecule has 0 atom stereocenters. The summed E-state index contributed by atoms with van der Waals surface area (Å²) in [4.78, 5) is 26.0. The average Bonchev–Trinajstić information content (AvgIpc) is 2.75. The van der Waals surface area contributed by atoms with Crippen LogP contribution in [0.1, 0.15) is 12.8 Å². The number of hydrogen-bond acceptors (Lipinski definition) is 6. The van der Waals surface area contributed by atoms with E-state index in [0.717, 1.165) is 30.3 Å². The SMILES string of the molecule is Cl.Cl.NC1(C(=O)N2CCN(c3ccnc(-c4ccccc4)n3)CC2)CCOCC1. The molecule has 0 bridgehead atoms. The Kier molecular flexibility index (Phi) is 8.22. The van der Waals surface area contributed by atoms with Gasteiger partial charge in [0.05, 0.1) is 5.54 Å². The summed E-state index contributed by atoms with van der Waals surface area (Å²) in [5.74, 6) is 1.66. The smallest absolute Gasteiger partial charge is 0.242 e. The molecule has 29 heavy (non-hydrogen) atoms. The van der Waals surface area contributed by atoms with E-state index in [0.29, 0.717) is 39.1 Å². The van der Waals surface area contributed by atoms with Crippen molar-refractivity contribution in [2.24, 2.45) is 5.73 Å². The van der Waals surface area contributed by atoms with Crippen LogP contribution in [-0.4, -0.2) is 65.7 Å². The summed E-state index contributed by atoms with van der Waals surface area (Å²) < 4.78 is 5.35. The second-order valence-electron chi connectivity index (χ2n) is 7.15. The number of rotatable bonds is 3. The Morgan fingerprint density at radius 2 is 1.66 bits per heavy atom. The number of carbonyl (C=O) groups excluding carboxylic acids is 1. The van der Waals surface area contributed by atoms with E-state index in [-0.39, 0.29) is 30.7 Å². The minimum absolute atomic E-state index is 0. The number of nitrogens with two attached hydrogens (primary N) is 1. The predicted molar refractivity (Wildman–Crippen MR) is 118 cm³/mol. The van der Waals surface area contributed by atoms with Crippen molar-refractivity contribution in [2.45, 2.75) is 18.4 Å². The van der Waals surface area contributed by atoms with Gasteiger partial charge in [-0.25, -0.2) is 9.97 Å². The van der Waals surface area contributed by atoms with Gasteiger partial charge in [0.2, 0.25) is 5.91 Å². The van der Waals surface area contributed by atoms with Crippen LogP contribution < -0.4 is 10.6 Å². The lowest BCUT2D eigenvalue weighted by Crippen LogP contribution is -2.61. The lowest BCUT2D eigenvalue weighted by atomic mass is 9.89. The third kappa shape index (κ3) is 5.17. The predicted octanol–water partition coefficient (Wildman–Crippen LogP) is 2.14. The summed E-state index contributed by atoms with van der Waals surface area (Å²) in [6.45, 7) is 3.91. The van der Waals surface area contributed by atoms with Crippen molar-refractivity contribution >= 4 is 36.5 Å². The number of carbonyl (C=O) groups is 1. The molecule has 2 aliphatic rings. The molecule has 3 heterocycles. The first-order chi connectivity index (χ1) is 13.2. The number of aromatic nitrogens is 2. The van der Waals surface area contributed by atoms with Crippen LogP contribution in [0.3, 0.4) is 0 Å². The second-order valence-corrected chi connectivity index (χ2v) is 7.15. The van der Waals surface area contributed by atoms with E-state index in [1.54, 1.807) is 6.20 Å². The van der Waals surface area contributed by atoms with Gasteiger partial charge in [0.25, 0.3) is 0 Å². The third-order valence-corrected chi connectivity index (χ3v) is 5.37. The minimum atomic E-state index is -0.768. The highest BCUT2D eigenvalue weighted by atomic mass is 35.5. The average molecular weight is 440 g/mol. The zero-order valence-electron chi connectivity index (χ0n) is 16.2. The standard InChI is InChI=1S/C20H25N5O2.2ClH/c21-20(7-14-27-15-8-20)19(26)25-12-10-24(11-13-25)17-6-9-22-18(23-17)16-4-2-1-3-5-16;;/h1-6,9H,7-8,10-15,21H2;2*1H. The molecule has 0 radical (unpaired) electrons. The van der Waals surface area contributed by atoms with Gasteiger partial charge in [0.1, 0.15) is 5.82 Å². The van der Waals surface area contributed by atoms with Crippen LogP contribution in [-0.2, 0) is 9.53 Å². The molecule has 2 aliphatic heterocycles. The number of piperazine rings is 1. The number of ether oxygens (including phenoxy) is 1. The number of amides is 1. The molecule has 4 rings (SSSR count). The highest BCUT2D eigenvalue weighted by Gasteiger charge is 2.39. The van der Waals surface area contributed by atoms with Crippen molar-refractivity contribution in [3.63, 3.8) is 0 Å². The lowest BCUT2D eigenvalue weighted by molar-refractivity contribution is -0.140. The van der Waals surface area contributed by atoms with Crippen LogP contribution in [0.4, 0.5) is 5.82 Å². The fraction of sp³-hybridized carbons (Fsp3) is 0.450. The van der Waals surface area contributed by atoms with E-state index in [9.17, 15) is 4.79 Å². The van der Waals surface area contributed by atoms with Crippen molar-refractivity contribution in [3.8, 4) is 11.4 Å². The van der Waals surface area contributed by atoms with Gasteiger partial charge in [-0.3, -0.25) is 4.79 Å². The quantitative estimate of drug-likeness (QED) is 0.788. The molecule has 2 fully saturated rings. The molecule has 1 aromatic heterocycles. The van der Waals surface area contributed by atoms with Crippen molar-refractivity contribution in [1.29, 1.82) is 0 Å². The first kappa shape index (κ1) is 23.3. The number of hydrogen-bond donors (Lipinski definition) is 1. The molecule has 158 valence electrons. The topological polar surface area (TPSA) is 84.6 Å². The summed E-state index contributed by atoms with van der Waals surface area (Å²) in [5.41, 5.74) is 6.59. The molecule has 2 aromatic rings. The van der Waals surface area contributed by atoms with Gasteiger partial charge in [-0.1, -0.05) is 30.3 Å². The highest BCUT2D eigenvalue weighted by Crippen LogP contribution is 2.23. The minimum Gasteiger partial charge on any atom is -0.381 e. The molecule has 1 aromatic carbocycles. The van der Waals surface area contributed by atoms with Gasteiger partial charge in [-0.2, -0.15) is 0 Å². The van der Waals surface area contributed by atoms with E-state index in [4.69, 9.17) is 15.5 Å². The fourth-order valence-corrected chi connectivity index (χ4v) is 3.65. The van der Waals surface area contributed by atoms with Crippen molar-refractivity contribution in [3.05, 3.63) is 42.6 Å². The highest BCUT2D eigenvalue weighted by molar-refractivity contribution is 5.86. The normalized spacial score (nSPS) is 18.4. The number of benzene rings is 1. The Bertz CT molecular complexity index is 794. The molecule has 9 heteroatoms. The lowest BCUT2D eigenvalue weighted by Gasteiger charge is -2.41. The number of anilines is 1. The Labute approximate surface area is 183 Å². The van der Waals surface area contributed by atoms with E-state index >= 15 is 0 Å². The largest absolute Gasteiger partial charge is 0.381 e. The molecular formula is C20H27Cl2N5O2. The summed E-state index contributed by atoms with van der Waals surface area (Å²) in [6.07, 6.45) is 2.98. The van der Waals surface area contributed by atoms with E-state index in [2.05, 4.69) is 9.88 Å². The zero-order valence-corrected chi connectivity index (χ0v) is 17.8. The van der Waals surface area contributed by atoms with Crippen LogP contribution in [0.5, 0.6) is 0 Å². The zero-order chi connectivity index (χ0) is 18.7. The van der Waals surface area contributed by atoms with Gasteiger partial charge in [0.15, 0.2) is 5.82 Å². The van der Waals surface area contributed by atoms with Crippen molar-refractivity contribution in [2.75, 3.05) is 44.3 Å². The molecule has 0 spiro atoms. The number of nitrogens with zero attached hydrogens (tertiary/aromatic N) is 4. The van der Waals surface area contributed by atoms with Gasteiger partial charge in [-0.05, 0) is 18.9 Å². The Hall–Kier alpha value is -1.93. The summed E-state index contributed by atoms with van der Waals surface area (Å²) in [5, 5.41) is 0. The monoisotopic (exact) mass is 439 g/mol. The van der Waals surface area contributed by atoms with E-state index in [1.807, 2.05) is 41.3 Å². The molecule has 7 nitrogen and oxygen atoms in total. The summed E-state index contributed by atoms with van der Waals surface area (Å²) >= 11 is 0. The molecular weight excluding hydrogens is 413 g/mol. The Morgan fingerprint density at radius 3 is 2.31 bits per heavy atom. The summed E-state index contributed by atoms with van der Waals surface area (Å²) in [7, 11) is 0. The molecule has 0 unspecified atom stereocenters. The maximum atomic E-state index is 12.9. The van der Waals surface area contributed by atoms with Crippen molar-refractivity contribution in [1.82, 2.24) is 14.9 Å². The van der Waals surface area contributed by atoms with Gasteiger partial charge in [0, 0.05) is 51.2 Å². The van der Waals surface area contributed by atoms with Gasteiger partial charge >= 0.3 is 0 Å². The van der Waals surface area contributed by atoms with Crippen molar-refractivity contribution < 1.29 is 9.53 Å². The summed E-state index contributed by atoms with van der Waals surface area (Å²) in [6, 6.07) is 11.9. The van der Waals surface area contributed by atoms with Crippen LogP contribution in [0.15, 0.2) is 42.6 Å². The molecule has 2 N–H and O–H groups in total. The Morgan fingerprint density at radius 1 is 1.00 bits per heavy atom. The van der Waals surface area contributed by atoms with Gasteiger partial charge in [-0.15, -0.1) is 24.8 Å². The number of halogens is 2. The molecule has 1 amide bonds. The molecule has 2 saturated heterocycles. The second kappa shape index (κ2) is 10.2. The maximum Gasteiger partial charge on any atom is 0.242 e. The van der Waals surface area contributed by atoms with Crippen LogP contribution in [0.2, 0.25) is 0 Å². The van der Waals surface area contributed by atoms with Crippen LogP contribution in [0.25, 0.3) is 11.4 Å². The molecule has 0 saturated carbocycles. The molecule has 0 aliphatic carbocycles. The third-order valence-electron chi connectivity index (χ3n) is 5.37. The Balaban J connectivity index is 0.00000150. The van der Waals surface area contributed by atoms with Crippen LogP contribution >= 0.6 is 24.8 Å². The first-order valence-electron chi connectivity index (χ1n) is 9.45. The fourth-order valence-electron chi connectivity index (χ4n) is 3.65. The van der Waals surface area contributed by atoms with Gasteiger partial charge < -0.3 is 20.3 Å². The van der Waals surface area contributed by atoms with Crippen LogP contribution in [0, 0.1) is 0 Å².